The minimum atomic E-state index is 0. The van der Waals surface area contributed by atoms with E-state index in [9.17, 15) is 0 Å². The quantitative estimate of drug-likeness (QED) is 0.553. The van der Waals surface area contributed by atoms with E-state index in [0.29, 0.717) is 6.54 Å². The molecule has 5 nitrogen and oxygen atoms in total. The molecule has 0 aliphatic heterocycles. The Labute approximate surface area is 164 Å². The van der Waals surface area contributed by atoms with Crippen molar-refractivity contribution < 1.29 is 0 Å². The Morgan fingerprint density at radius 1 is 0.885 bits per heavy atom. The molecule has 1 N–H and O–H groups in total. The third-order valence-corrected chi connectivity index (χ3v) is 3.84. The number of imidazole rings is 1. The molecule has 0 aliphatic rings. The van der Waals surface area contributed by atoms with Gasteiger partial charge in [0.05, 0.1) is 18.4 Å². The van der Waals surface area contributed by atoms with Crippen LogP contribution in [0.4, 0.5) is 5.82 Å². The Bertz CT molecular complexity index is 943. The van der Waals surface area contributed by atoms with Crippen LogP contribution in [0.15, 0.2) is 73.3 Å². The second-order valence-corrected chi connectivity index (χ2v) is 5.58. The molecular formula is C19H19Cl2N5. The monoisotopic (exact) mass is 387 g/mol. The van der Waals surface area contributed by atoms with Gasteiger partial charge < -0.3 is 9.88 Å². The predicted molar refractivity (Wildman–Crippen MR) is 109 cm³/mol. The smallest absolute Gasteiger partial charge is 0.151 e. The van der Waals surface area contributed by atoms with E-state index in [4.69, 9.17) is 4.98 Å². The van der Waals surface area contributed by atoms with Gasteiger partial charge in [-0.05, 0) is 17.7 Å². The number of benzene rings is 2. The summed E-state index contributed by atoms with van der Waals surface area (Å²) >= 11 is 0. The average Bonchev–Trinajstić information content (AvgIpc) is 3.13. The second kappa shape index (κ2) is 9.17. The van der Waals surface area contributed by atoms with Gasteiger partial charge >= 0.3 is 0 Å². The average molecular weight is 388 g/mol. The van der Waals surface area contributed by atoms with Gasteiger partial charge in [0.25, 0.3) is 0 Å². The molecule has 0 saturated carbocycles. The lowest BCUT2D eigenvalue weighted by molar-refractivity contribution is 0.748. The van der Waals surface area contributed by atoms with E-state index in [2.05, 4.69) is 27.4 Å². The van der Waals surface area contributed by atoms with Gasteiger partial charge in [0.1, 0.15) is 5.82 Å². The zero-order valence-corrected chi connectivity index (χ0v) is 15.6. The first-order chi connectivity index (χ1) is 11.9. The zero-order chi connectivity index (χ0) is 16.2. The Hall–Kier alpha value is -2.63. The fourth-order valence-electron chi connectivity index (χ4n) is 2.66. The second-order valence-electron chi connectivity index (χ2n) is 5.58. The molecule has 26 heavy (non-hydrogen) atoms. The van der Waals surface area contributed by atoms with E-state index >= 15 is 0 Å². The highest BCUT2D eigenvalue weighted by molar-refractivity contribution is 5.89. The predicted octanol–water partition coefficient (Wildman–Crippen LogP) is 4.33. The van der Waals surface area contributed by atoms with Gasteiger partial charge in [-0.2, -0.15) is 0 Å². The Morgan fingerprint density at radius 2 is 1.65 bits per heavy atom. The minimum Gasteiger partial charge on any atom is -0.365 e. The summed E-state index contributed by atoms with van der Waals surface area (Å²) in [7, 11) is 0. The van der Waals surface area contributed by atoms with Crippen LogP contribution in [0.25, 0.3) is 10.9 Å². The molecule has 2 heterocycles. The van der Waals surface area contributed by atoms with Gasteiger partial charge in [0.2, 0.25) is 0 Å². The van der Waals surface area contributed by atoms with Crippen molar-refractivity contribution in [3.63, 3.8) is 0 Å². The SMILES string of the molecule is Cl.Cl.c1ccc(CNc2nc(Cn3ccnc3)nc3ccccc23)cc1. The summed E-state index contributed by atoms with van der Waals surface area (Å²) in [6.07, 6.45) is 5.45. The first kappa shape index (κ1) is 19.7. The van der Waals surface area contributed by atoms with Crippen LogP contribution in [-0.4, -0.2) is 19.5 Å². The molecular weight excluding hydrogens is 369 g/mol. The Balaban J connectivity index is 0.00000121. The number of nitrogens with zero attached hydrogens (tertiary/aromatic N) is 4. The molecule has 0 aliphatic carbocycles. The number of anilines is 1. The highest BCUT2D eigenvalue weighted by atomic mass is 35.5. The minimum absolute atomic E-state index is 0. The highest BCUT2D eigenvalue weighted by Gasteiger charge is 2.08. The number of nitrogens with one attached hydrogen (secondary N) is 1. The van der Waals surface area contributed by atoms with Crippen molar-refractivity contribution in [1.82, 2.24) is 19.5 Å². The highest BCUT2D eigenvalue weighted by Crippen LogP contribution is 2.21. The number of fused-ring (bicyclic) bond motifs is 1. The van der Waals surface area contributed by atoms with Crippen LogP contribution in [0, 0.1) is 0 Å². The van der Waals surface area contributed by atoms with E-state index < -0.39 is 0 Å². The van der Waals surface area contributed by atoms with Crippen LogP contribution >= 0.6 is 24.8 Å². The van der Waals surface area contributed by atoms with Crippen molar-refractivity contribution in [2.24, 2.45) is 0 Å². The van der Waals surface area contributed by atoms with Gasteiger partial charge in [-0.25, -0.2) is 15.0 Å². The van der Waals surface area contributed by atoms with Gasteiger partial charge in [-0.1, -0.05) is 42.5 Å². The molecule has 4 rings (SSSR count). The van der Waals surface area contributed by atoms with Gasteiger partial charge in [0, 0.05) is 24.3 Å². The van der Waals surface area contributed by atoms with E-state index in [0.717, 1.165) is 29.1 Å². The Kier molecular flexibility index (Phi) is 6.95. The molecule has 0 bridgehead atoms. The standard InChI is InChI=1S/C19H17N5.2ClH/c1-2-6-15(7-3-1)12-21-19-16-8-4-5-9-17(16)22-18(23-19)13-24-11-10-20-14-24;;/h1-11,14H,12-13H2,(H,21,22,23);2*1H. The van der Waals surface area contributed by atoms with Crippen molar-refractivity contribution in [2.75, 3.05) is 5.32 Å². The first-order valence-electron chi connectivity index (χ1n) is 7.88. The van der Waals surface area contributed by atoms with Crippen molar-refractivity contribution in [1.29, 1.82) is 0 Å². The number of rotatable bonds is 5. The van der Waals surface area contributed by atoms with Crippen LogP contribution in [-0.2, 0) is 13.1 Å². The van der Waals surface area contributed by atoms with Crippen LogP contribution in [0.1, 0.15) is 11.4 Å². The maximum Gasteiger partial charge on any atom is 0.151 e. The molecule has 0 unspecified atom stereocenters. The zero-order valence-electron chi connectivity index (χ0n) is 13.9. The molecule has 4 aromatic rings. The summed E-state index contributed by atoms with van der Waals surface area (Å²) in [6, 6.07) is 18.4. The number of halogens is 2. The maximum absolute atomic E-state index is 4.72. The van der Waals surface area contributed by atoms with Crippen LogP contribution in [0.3, 0.4) is 0 Å². The largest absolute Gasteiger partial charge is 0.365 e. The molecule has 2 aromatic heterocycles. The van der Waals surface area contributed by atoms with Crippen molar-refractivity contribution >= 4 is 41.5 Å². The van der Waals surface area contributed by atoms with Crippen molar-refractivity contribution in [2.45, 2.75) is 13.1 Å². The topological polar surface area (TPSA) is 55.6 Å². The normalized spacial score (nSPS) is 10.0. The van der Waals surface area contributed by atoms with E-state index in [1.165, 1.54) is 5.56 Å². The third kappa shape index (κ3) is 4.50. The van der Waals surface area contributed by atoms with Gasteiger partial charge in [-0.15, -0.1) is 24.8 Å². The Morgan fingerprint density at radius 3 is 2.42 bits per heavy atom. The molecule has 7 heteroatoms. The van der Waals surface area contributed by atoms with Crippen LogP contribution in [0.5, 0.6) is 0 Å². The summed E-state index contributed by atoms with van der Waals surface area (Å²) in [6.45, 7) is 1.33. The molecule has 0 saturated heterocycles. The van der Waals surface area contributed by atoms with Gasteiger partial charge in [0.15, 0.2) is 5.82 Å². The van der Waals surface area contributed by atoms with E-state index in [-0.39, 0.29) is 24.8 Å². The van der Waals surface area contributed by atoms with Crippen LogP contribution < -0.4 is 5.32 Å². The van der Waals surface area contributed by atoms with Crippen molar-refractivity contribution in [3.05, 3.63) is 84.7 Å². The first-order valence-corrected chi connectivity index (χ1v) is 7.88. The summed E-state index contributed by atoms with van der Waals surface area (Å²) in [5.41, 5.74) is 2.16. The van der Waals surface area contributed by atoms with Crippen molar-refractivity contribution in [3.8, 4) is 0 Å². The molecule has 0 atom stereocenters. The number of hydrogen-bond acceptors (Lipinski definition) is 4. The van der Waals surface area contributed by atoms with E-state index in [1.807, 2.05) is 53.2 Å². The molecule has 0 radical (unpaired) electrons. The molecule has 134 valence electrons. The third-order valence-electron chi connectivity index (χ3n) is 3.84. The van der Waals surface area contributed by atoms with Gasteiger partial charge in [-0.3, -0.25) is 0 Å². The van der Waals surface area contributed by atoms with E-state index in [1.54, 1.807) is 12.5 Å². The summed E-state index contributed by atoms with van der Waals surface area (Å²) in [4.78, 5) is 13.5. The lowest BCUT2D eigenvalue weighted by atomic mass is 10.2. The van der Waals surface area contributed by atoms with Crippen LogP contribution in [0.2, 0.25) is 0 Å². The number of para-hydroxylation sites is 1. The summed E-state index contributed by atoms with van der Waals surface area (Å²) in [5, 5.41) is 4.48. The number of aromatic nitrogens is 4. The molecule has 2 aromatic carbocycles. The fraction of sp³-hybridized carbons (Fsp3) is 0.105. The lowest BCUT2D eigenvalue weighted by Gasteiger charge is -2.11. The number of hydrogen-bond donors (Lipinski definition) is 1. The molecule has 0 fully saturated rings. The molecule has 0 spiro atoms. The lowest BCUT2D eigenvalue weighted by Crippen LogP contribution is -2.08. The summed E-state index contributed by atoms with van der Waals surface area (Å²) < 4.78 is 1.96. The maximum atomic E-state index is 4.72. The summed E-state index contributed by atoms with van der Waals surface area (Å²) in [5.74, 6) is 1.63. The molecule has 0 amide bonds. The fourth-order valence-corrected chi connectivity index (χ4v) is 2.66.